The molecule has 1 aromatic rings. The zero-order valence-electron chi connectivity index (χ0n) is 9.16. The van der Waals surface area contributed by atoms with Crippen LogP contribution in [0, 0.1) is 17.8 Å². The molecule has 1 fully saturated rings. The van der Waals surface area contributed by atoms with Gasteiger partial charge >= 0.3 is 0 Å². The topological polar surface area (TPSA) is 34.1 Å². The first-order valence-corrected chi connectivity index (χ1v) is 6.58. The first-order valence-electron chi connectivity index (χ1n) is 5.60. The third-order valence-electron chi connectivity index (χ3n) is 2.87. The van der Waals surface area contributed by atoms with Crippen LogP contribution in [0.25, 0.3) is 0 Å². The first-order chi connectivity index (χ1) is 8.24. The van der Waals surface area contributed by atoms with Crippen LogP contribution in [0.15, 0.2) is 23.1 Å². The molecule has 0 unspecified atom stereocenters. The van der Waals surface area contributed by atoms with E-state index < -0.39 is 0 Å². The van der Waals surface area contributed by atoms with Gasteiger partial charge in [0.25, 0.3) is 0 Å². The lowest BCUT2D eigenvalue weighted by Crippen LogP contribution is -1.98. The number of ketones is 2. The maximum Gasteiger partial charge on any atom is 0.235 e. The molecular formula is C14H10O2S. The van der Waals surface area contributed by atoms with E-state index in [1.165, 1.54) is 11.8 Å². The molecule has 1 aliphatic carbocycles. The van der Waals surface area contributed by atoms with Crippen LogP contribution in [-0.4, -0.2) is 17.3 Å². The van der Waals surface area contributed by atoms with Crippen LogP contribution in [0.1, 0.15) is 33.6 Å². The molecule has 3 heteroatoms. The first kappa shape index (κ1) is 10.6. The van der Waals surface area contributed by atoms with E-state index in [4.69, 9.17) is 0 Å². The summed E-state index contributed by atoms with van der Waals surface area (Å²) in [4.78, 5) is 24.1. The molecule has 0 bridgehead atoms. The van der Waals surface area contributed by atoms with E-state index in [9.17, 15) is 9.59 Å². The summed E-state index contributed by atoms with van der Waals surface area (Å²) in [7, 11) is 0. The molecule has 3 rings (SSSR count). The highest BCUT2D eigenvalue weighted by molar-refractivity contribution is 8.00. The van der Waals surface area contributed by atoms with Crippen LogP contribution >= 0.6 is 11.8 Å². The predicted molar refractivity (Wildman–Crippen MR) is 66.3 cm³/mol. The van der Waals surface area contributed by atoms with Crippen LogP contribution in [-0.2, 0) is 0 Å². The second kappa shape index (κ2) is 4.05. The number of hydrogen-bond acceptors (Lipinski definition) is 3. The molecule has 1 aliphatic heterocycles. The Morgan fingerprint density at radius 2 is 2.18 bits per heavy atom. The molecule has 0 saturated heterocycles. The molecular weight excluding hydrogens is 232 g/mol. The third kappa shape index (κ3) is 2.13. The number of rotatable bonds is 1. The van der Waals surface area contributed by atoms with Crippen molar-refractivity contribution in [3.63, 3.8) is 0 Å². The fraction of sp³-hybridized carbons (Fsp3) is 0.286. The van der Waals surface area contributed by atoms with E-state index >= 15 is 0 Å². The lowest BCUT2D eigenvalue weighted by molar-refractivity contribution is 0.102. The molecule has 0 atom stereocenters. The van der Waals surface area contributed by atoms with Crippen LogP contribution in [0.3, 0.4) is 0 Å². The highest BCUT2D eigenvalue weighted by atomic mass is 32.2. The number of carbonyl (C=O) groups is 2. The minimum absolute atomic E-state index is 0.139. The third-order valence-corrected chi connectivity index (χ3v) is 3.93. The molecule has 0 amide bonds. The van der Waals surface area contributed by atoms with Gasteiger partial charge in [-0.2, -0.15) is 0 Å². The normalized spacial score (nSPS) is 17.3. The van der Waals surface area contributed by atoms with E-state index in [1.54, 1.807) is 18.2 Å². The molecule has 1 heterocycles. The van der Waals surface area contributed by atoms with E-state index in [1.807, 2.05) is 0 Å². The molecule has 0 N–H and O–H groups in total. The summed E-state index contributed by atoms with van der Waals surface area (Å²) >= 11 is 1.49. The van der Waals surface area contributed by atoms with Gasteiger partial charge in [0.05, 0.1) is 5.75 Å². The van der Waals surface area contributed by atoms with Gasteiger partial charge in [-0.1, -0.05) is 5.92 Å². The molecule has 1 saturated carbocycles. The quantitative estimate of drug-likeness (QED) is 0.431. The van der Waals surface area contributed by atoms with Crippen LogP contribution in [0.4, 0.5) is 0 Å². The van der Waals surface area contributed by atoms with Crippen LogP contribution in [0.2, 0.25) is 0 Å². The minimum atomic E-state index is -0.139. The number of thioether (sulfide) groups is 1. The Kier molecular flexibility index (Phi) is 2.53. The van der Waals surface area contributed by atoms with Gasteiger partial charge in [0.1, 0.15) is 0 Å². The van der Waals surface area contributed by atoms with Crippen molar-refractivity contribution >= 4 is 23.3 Å². The van der Waals surface area contributed by atoms with Gasteiger partial charge in [-0.25, -0.2) is 0 Å². The molecule has 0 spiro atoms. The highest BCUT2D eigenvalue weighted by Gasteiger charge is 2.21. The fourth-order valence-corrected chi connectivity index (χ4v) is 2.69. The monoisotopic (exact) mass is 242 g/mol. The van der Waals surface area contributed by atoms with Crippen molar-refractivity contribution in [3.8, 4) is 11.8 Å². The Morgan fingerprint density at radius 1 is 1.35 bits per heavy atom. The number of benzene rings is 1. The van der Waals surface area contributed by atoms with Gasteiger partial charge in [-0.05, 0) is 37.0 Å². The highest BCUT2D eigenvalue weighted by Crippen LogP contribution is 2.32. The summed E-state index contributed by atoms with van der Waals surface area (Å²) < 4.78 is 0. The van der Waals surface area contributed by atoms with Crippen molar-refractivity contribution in [1.29, 1.82) is 0 Å². The number of hydrogen-bond donors (Lipinski definition) is 0. The van der Waals surface area contributed by atoms with Crippen molar-refractivity contribution in [2.45, 2.75) is 17.7 Å². The van der Waals surface area contributed by atoms with Crippen molar-refractivity contribution in [2.24, 2.45) is 5.92 Å². The van der Waals surface area contributed by atoms with E-state index in [2.05, 4.69) is 11.8 Å². The summed E-state index contributed by atoms with van der Waals surface area (Å²) in [5, 5.41) is 0. The maximum atomic E-state index is 11.8. The average Bonchev–Trinajstić information content (AvgIpc) is 3.10. The molecule has 84 valence electrons. The molecule has 2 nitrogen and oxygen atoms in total. The van der Waals surface area contributed by atoms with Crippen molar-refractivity contribution < 1.29 is 9.59 Å². The number of fused-ring (bicyclic) bond motifs is 1. The Hall–Kier alpha value is -1.53. The Labute approximate surface area is 104 Å². The zero-order chi connectivity index (χ0) is 11.8. The van der Waals surface area contributed by atoms with Crippen molar-refractivity contribution in [1.82, 2.24) is 0 Å². The Bertz CT molecular complexity index is 574. The Morgan fingerprint density at radius 3 is 2.94 bits per heavy atom. The van der Waals surface area contributed by atoms with Crippen LogP contribution < -0.4 is 0 Å². The summed E-state index contributed by atoms with van der Waals surface area (Å²) in [6, 6.07) is 5.23. The van der Waals surface area contributed by atoms with Gasteiger partial charge in [0.2, 0.25) is 5.78 Å². The molecule has 2 aliphatic rings. The second-order valence-electron chi connectivity index (χ2n) is 4.30. The number of carbonyl (C=O) groups excluding carboxylic acids is 2. The molecule has 0 radical (unpaired) electrons. The minimum Gasteiger partial charge on any atom is -0.293 e. The summed E-state index contributed by atoms with van der Waals surface area (Å²) in [5.41, 5.74) is 1.33. The van der Waals surface area contributed by atoms with Crippen molar-refractivity contribution in [2.75, 3.05) is 5.75 Å². The smallest absolute Gasteiger partial charge is 0.235 e. The molecule has 17 heavy (non-hydrogen) atoms. The van der Waals surface area contributed by atoms with Crippen molar-refractivity contribution in [3.05, 3.63) is 29.3 Å². The van der Waals surface area contributed by atoms with Crippen LogP contribution in [0.5, 0.6) is 0 Å². The second-order valence-corrected chi connectivity index (χ2v) is 5.31. The molecule has 0 aromatic heterocycles. The van der Waals surface area contributed by atoms with Gasteiger partial charge in [-0.3, -0.25) is 9.59 Å². The summed E-state index contributed by atoms with van der Waals surface area (Å²) in [6.07, 6.45) is 2.24. The fourth-order valence-electron chi connectivity index (χ4n) is 1.70. The Balaban J connectivity index is 1.87. The largest absolute Gasteiger partial charge is 0.293 e. The van der Waals surface area contributed by atoms with E-state index in [0.717, 1.165) is 23.3 Å². The van der Waals surface area contributed by atoms with Gasteiger partial charge in [-0.15, -0.1) is 11.8 Å². The average molecular weight is 242 g/mol. The molecule has 1 aromatic carbocycles. The van der Waals surface area contributed by atoms with E-state index in [-0.39, 0.29) is 11.6 Å². The predicted octanol–water partition coefficient (Wildman–Crippen LogP) is 2.57. The van der Waals surface area contributed by atoms with Gasteiger partial charge < -0.3 is 0 Å². The van der Waals surface area contributed by atoms with E-state index in [0.29, 0.717) is 17.2 Å². The maximum absolute atomic E-state index is 11.8. The number of Topliss-reactive ketones (excluding diaryl/α,β-unsaturated/α-hetero) is 2. The summed E-state index contributed by atoms with van der Waals surface area (Å²) in [5.74, 6) is 6.57. The standard InChI is InChI=1S/C14H10O2S/c15-12(6-3-9-1-2-9)10-4-5-11-13(16)8-17-14(11)7-10/h4-5,7,9H,1-2,8H2. The van der Waals surface area contributed by atoms with Gasteiger partial charge in [0, 0.05) is 21.9 Å². The lowest BCUT2D eigenvalue weighted by Gasteiger charge is -1.98. The lowest BCUT2D eigenvalue weighted by atomic mass is 10.1. The summed E-state index contributed by atoms with van der Waals surface area (Å²) in [6.45, 7) is 0. The SMILES string of the molecule is O=C(C#CC1CC1)c1ccc2c(c1)SCC2=O. The van der Waals surface area contributed by atoms with Gasteiger partial charge in [0.15, 0.2) is 5.78 Å². The zero-order valence-corrected chi connectivity index (χ0v) is 9.97.